The van der Waals surface area contributed by atoms with Crippen molar-refractivity contribution in [3.63, 3.8) is 0 Å². The number of aliphatic imine (C=N–C) groups is 1. The first kappa shape index (κ1) is 33.3. The lowest BCUT2D eigenvalue weighted by molar-refractivity contribution is 0.0380. The molecule has 0 atom stereocenters. The van der Waals surface area contributed by atoms with E-state index in [1.807, 2.05) is 45.9 Å². The number of nitrogens with zero attached hydrogens (tertiary/aromatic N) is 3. The first-order valence-electron chi connectivity index (χ1n) is 14.6. The van der Waals surface area contributed by atoms with Crippen molar-refractivity contribution >= 4 is 17.6 Å². The van der Waals surface area contributed by atoms with E-state index in [2.05, 4.69) is 51.3 Å². The Bertz CT molecular complexity index is 1150. The summed E-state index contributed by atoms with van der Waals surface area (Å²) in [5, 5.41) is 9.39. The van der Waals surface area contributed by atoms with Crippen LogP contribution >= 0.6 is 0 Å². The number of nitrogens with one attached hydrogen (secondary N) is 2. The number of aromatic nitrogens is 2. The molecule has 1 aromatic heterocycles. The molecular weight excluding hydrogens is 502 g/mol. The van der Waals surface area contributed by atoms with E-state index in [1.54, 1.807) is 12.4 Å². The summed E-state index contributed by atoms with van der Waals surface area (Å²) in [5.74, 6) is 0.257. The van der Waals surface area contributed by atoms with Gasteiger partial charge in [-0.1, -0.05) is 45.9 Å². The summed E-state index contributed by atoms with van der Waals surface area (Å²) in [6, 6.07) is 6.28. The molecular formula is C32H49N5O3. The van der Waals surface area contributed by atoms with Crippen molar-refractivity contribution in [2.24, 2.45) is 4.99 Å². The van der Waals surface area contributed by atoms with Gasteiger partial charge in [-0.2, -0.15) is 5.48 Å². The van der Waals surface area contributed by atoms with Gasteiger partial charge in [-0.25, -0.2) is 4.98 Å². The van der Waals surface area contributed by atoms with E-state index in [0.29, 0.717) is 18.7 Å². The second kappa shape index (κ2) is 17.0. The number of imidazole rings is 1. The second-order valence-corrected chi connectivity index (χ2v) is 10.4. The van der Waals surface area contributed by atoms with Crippen molar-refractivity contribution < 1.29 is 14.7 Å². The fourth-order valence-corrected chi connectivity index (χ4v) is 4.59. The van der Waals surface area contributed by atoms with Crippen LogP contribution in [0.25, 0.3) is 16.8 Å². The van der Waals surface area contributed by atoms with Crippen molar-refractivity contribution in [3.8, 4) is 11.3 Å². The number of aryl methyl sites for hydroxylation is 1. The number of ether oxygens (including phenoxy) is 1. The molecule has 0 aliphatic carbocycles. The van der Waals surface area contributed by atoms with Crippen LogP contribution in [0.3, 0.4) is 0 Å². The van der Waals surface area contributed by atoms with Crippen molar-refractivity contribution in [2.45, 2.75) is 79.7 Å². The minimum atomic E-state index is -0.413. The monoisotopic (exact) mass is 551 g/mol. The molecule has 220 valence electrons. The normalized spacial score (nSPS) is 15.3. The summed E-state index contributed by atoms with van der Waals surface area (Å²) in [6.07, 6.45) is 11.0. The number of benzene rings is 1. The Morgan fingerprint density at radius 1 is 1.18 bits per heavy atom. The zero-order valence-corrected chi connectivity index (χ0v) is 25.5. The molecule has 0 amide bonds. The van der Waals surface area contributed by atoms with Crippen LogP contribution < -0.4 is 5.48 Å². The highest BCUT2D eigenvalue weighted by Crippen LogP contribution is 2.32. The summed E-state index contributed by atoms with van der Waals surface area (Å²) >= 11 is 0. The number of Topliss-reactive ketones (excluding diaryl/α,β-unsaturated/α-hetero) is 1. The average Bonchev–Trinajstić information content (AvgIpc) is 3.24. The van der Waals surface area contributed by atoms with Crippen LogP contribution in [-0.2, 0) is 17.6 Å². The highest BCUT2D eigenvalue weighted by atomic mass is 16.5. The molecule has 1 saturated heterocycles. The lowest BCUT2D eigenvalue weighted by Gasteiger charge is -2.25. The van der Waals surface area contributed by atoms with E-state index < -0.39 is 5.54 Å². The van der Waals surface area contributed by atoms with E-state index in [9.17, 15) is 10.0 Å². The Labute approximate surface area is 240 Å². The van der Waals surface area contributed by atoms with Crippen LogP contribution in [0.5, 0.6) is 0 Å². The van der Waals surface area contributed by atoms with Crippen LogP contribution in [0.4, 0.5) is 0 Å². The van der Waals surface area contributed by atoms with Crippen molar-refractivity contribution in [1.29, 1.82) is 0 Å². The molecule has 0 radical (unpaired) electrons. The number of H-pyrrole nitrogens is 1. The van der Waals surface area contributed by atoms with Crippen LogP contribution in [0.1, 0.15) is 88.7 Å². The molecule has 0 unspecified atom stereocenters. The maximum absolute atomic E-state index is 12.0. The van der Waals surface area contributed by atoms with Crippen LogP contribution in [0.2, 0.25) is 0 Å². The number of hydrogen-bond donors (Lipinski definition) is 3. The summed E-state index contributed by atoms with van der Waals surface area (Å²) in [7, 11) is 0. The van der Waals surface area contributed by atoms with Gasteiger partial charge >= 0.3 is 0 Å². The highest BCUT2D eigenvalue weighted by Gasteiger charge is 2.21. The third-order valence-electron chi connectivity index (χ3n) is 6.69. The van der Waals surface area contributed by atoms with Gasteiger partial charge in [0.1, 0.15) is 0 Å². The molecule has 2 aromatic rings. The first-order chi connectivity index (χ1) is 19.3. The SMILES string of the molecule is CC.CCCN1CCOCC1.CCc1cc(-c2[nH]c(C(C)=O)nc2C2=CC=NC=CC2)ccc1CC(C)(C)NO. The molecule has 1 fully saturated rings. The Kier molecular flexibility index (Phi) is 14.2. The molecule has 2 aliphatic rings. The molecule has 0 saturated carbocycles. The Balaban J connectivity index is 0.000000428. The molecule has 1 aromatic carbocycles. The minimum absolute atomic E-state index is 0.0981. The summed E-state index contributed by atoms with van der Waals surface area (Å²) in [4.78, 5) is 26.4. The maximum Gasteiger partial charge on any atom is 0.195 e. The lowest BCUT2D eigenvalue weighted by atomic mass is 9.90. The number of carbonyl (C=O) groups excluding carboxylic acids is 1. The smallest absolute Gasteiger partial charge is 0.195 e. The number of carbonyl (C=O) groups is 1. The van der Waals surface area contributed by atoms with E-state index >= 15 is 0 Å². The minimum Gasteiger partial charge on any atom is -0.379 e. The van der Waals surface area contributed by atoms with Crippen LogP contribution in [0.15, 0.2) is 41.5 Å². The van der Waals surface area contributed by atoms with Crippen LogP contribution in [-0.4, -0.2) is 70.5 Å². The number of rotatable bonds is 9. The molecule has 8 nitrogen and oxygen atoms in total. The number of ketones is 1. The van der Waals surface area contributed by atoms with Gasteiger partial charge < -0.3 is 14.9 Å². The zero-order chi connectivity index (χ0) is 29.5. The molecule has 3 heterocycles. The number of hydroxylamine groups is 1. The van der Waals surface area contributed by atoms with E-state index in [1.165, 1.54) is 31.0 Å². The van der Waals surface area contributed by atoms with Gasteiger partial charge in [0.05, 0.1) is 24.6 Å². The Hall–Kier alpha value is -2.91. The molecule has 2 aliphatic heterocycles. The van der Waals surface area contributed by atoms with Gasteiger partial charge in [-0.3, -0.25) is 14.7 Å². The standard InChI is InChI=1S/C23H28N4O2.C7H15NO.C2H6/c1-5-16-13-18(8-9-19(16)14-23(3,4)27-29)21-20(25-22(26-21)15(2)28)17-7-6-11-24-12-10-17;1-2-3-8-4-6-9-7-5-8;1-2/h6,8-13,27,29H,5,7,14H2,1-4H3,(H,25,26);2-7H2,1H3;1-2H3. The number of allylic oxidation sites excluding steroid dienone is 3. The van der Waals surface area contributed by atoms with Crippen molar-refractivity contribution in [1.82, 2.24) is 20.3 Å². The highest BCUT2D eigenvalue weighted by molar-refractivity contribution is 5.94. The number of aromatic amines is 1. The molecule has 8 heteroatoms. The van der Waals surface area contributed by atoms with E-state index in [0.717, 1.165) is 55.2 Å². The van der Waals surface area contributed by atoms with Gasteiger partial charge in [-0.15, -0.1) is 0 Å². The van der Waals surface area contributed by atoms with Gasteiger partial charge in [0.2, 0.25) is 0 Å². The largest absolute Gasteiger partial charge is 0.379 e. The Morgan fingerprint density at radius 3 is 2.52 bits per heavy atom. The third-order valence-corrected chi connectivity index (χ3v) is 6.69. The van der Waals surface area contributed by atoms with Crippen molar-refractivity contribution in [3.05, 3.63) is 59.2 Å². The predicted octanol–water partition coefficient (Wildman–Crippen LogP) is 6.27. The fourth-order valence-electron chi connectivity index (χ4n) is 4.59. The number of morpholine rings is 1. The van der Waals surface area contributed by atoms with Gasteiger partial charge in [0.15, 0.2) is 11.6 Å². The average molecular weight is 552 g/mol. The first-order valence-corrected chi connectivity index (χ1v) is 14.6. The van der Waals surface area contributed by atoms with E-state index in [4.69, 9.17) is 4.74 Å². The van der Waals surface area contributed by atoms with Crippen molar-refractivity contribution in [2.75, 3.05) is 32.8 Å². The predicted molar refractivity (Wildman–Crippen MR) is 165 cm³/mol. The molecule has 0 spiro atoms. The molecule has 3 N–H and O–H groups in total. The topological polar surface area (TPSA) is 103 Å². The second-order valence-electron chi connectivity index (χ2n) is 10.4. The summed E-state index contributed by atoms with van der Waals surface area (Å²) in [5.41, 5.74) is 7.96. The molecule has 0 bridgehead atoms. The van der Waals surface area contributed by atoms with Gasteiger partial charge in [0, 0.05) is 43.5 Å². The maximum atomic E-state index is 12.0. The molecule has 40 heavy (non-hydrogen) atoms. The zero-order valence-electron chi connectivity index (χ0n) is 25.5. The lowest BCUT2D eigenvalue weighted by Crippen LogP contribution is -2.39. The quantitative estimate of drug-likeness (QED) is 0.251. The third kappa shape index (κ3) is 9.93. The van der Waals surface area contributed by atoms with Gasteiger partial charge in [-0.05, 0) is 74.9 Å². The van der Waals surface area contributed by atoms with Crippen LogP contribution in [0, 0.1) is 0 Å². The molecule has 4 rings (SSSR count). The van der Waals surface area contributed by atoms with E-state index in [-0.39, 0.29) is 5.78 Å². The summed E-state index contributed by atoms with van der Waals surface area (Å²) in [6.45, 7) is 19.1. The fraction of sp³-hybridized carbons (Fsp3) is 0.531. The Morgan fingerprint density at radius 2 is 1.90 bits per heavy atom. The summed E-state index contributed by atoms with van der Waals surface area (Å²) < 4.78 is 5.20. The van der Waals surface area contributed by atoms with Gasteiger partial charge in [0.25, 0.3) is 0 Å². The number of hydrogen-bond acceptors (Lipinski definition) is 7.